The lowest BCUT2D eigenvalue weighted by Gasteiger charge is -2.23. The lowest BCUT2D eigenvalue weighted by molar-refractivity contribution is -0.135. The molecule has 5 nitrogen and oxygen atoms in total. The predicted molar refractivity (Wildman–Crippen MR) is 120 cm³/mol. The summed E-state index contributed by atoms with van der Waals surface area (Å²) >= 11 is 0. The summed E-state index contributed by atoms with van der Waals surface area (Å²) in [6, 6.07) is 26.2. The Hall–Kier alpha value is -3.60. The Bertz CT molecular complexity index is 928. The van der Waals surface area contributed by atoms with Crippen LogP contribution >= 0.6 is 0 Å². The minimum Gasteiger partial charge on any atom is -0.491 e. The van der Waals surface area contributed by atoms with Crippen LogP contribution in [0.25, 0.3) is 0 Å². The maximum atomic E-state index is 12.9. The Morgan fingerprint density at radius 3 is 1.77 bits per heavy atom. The molecule has 3 aromatic carbocycles. The van der Waals surface area contributed by atoms with E-state index in [1.54, 1.807) is 29.2 Å². The monoisotopic (exact) mass is 417 g/mol. The third-order valence-corrected chi connectivity index (χ3v) is 4.57. The Morgan fingerprint density at radius 2 is 1.29 bits per heavy atom. The van der Waals surface area contributed by atoms with Gasteiger partial charge in [-0.2, -0.15) is 0 Å². The molecule has 3 aromatic rings. The van der Waals surface area contributed by atoms with Gasteiger partial charge in [-0.05, 0) is 49.2 Å². The van der Waals surface area contributed by atoms with E-state index in [0.29, 0.717) is 24.4 Å². The van der Waals surface area contributed by atoms with Crippen molar-refractivity contribution >= 4 is 11.9 Å². The summed E-state index contributed by atoms with van der Waals surface area (Å²) in [5.41, 5.74) is 2.40. The van der Waals surface area contributed by atoms with E-state index in [1.807, 2.05) is 74.5 Å². The number of nitrogens with zero attached hydrogens (tertiary/aromatic N) is 1. The second kappa shape index (κ2) is 11.0. The highest BCUT2D eigenvalue weighted by Crippen LogP contribution is 2.15. The first-order valence-electron chi connectivity index (χ1n) is 10.3. The van der Waals surface area contributed by atoms with Crippen molar-refractivity contribution in [2.24, 2.45) is 0 Å². The topological polar surface area (TPSA) is 55.8 Å². The Labute approximate surface area is 183 Å². The average molecular weight is 418 g/mol. The van der Waals surface area contributed by atoms with Crippen LogP contribution in [0.3, 0.4) is 0 Å². The lowest BCUT2D eigenvalue weighted by Crippen LogP contribution is -2.33. The van der Waals surface area contributed by atoms with Crippen molar-refractivity contribution in [3.8, 4) is 5.75 Å². The molecule has 0 aliphatic rings. The first kappa shape index (κ1) is 22.1. The number of carbonyl (C=O) groups is 2. The molecule has 0 aliphatic carbocycles. The molecular weight excluding hydrogens is 390 g/mol. The van der Waals surface area contributed by atoms with E-state index in [2.05, 4.69) is 0 Å². The quantitative estimate of drug-likeness (QED) is 0.467. The van der Waals surface area contributed by atoms with Gasteiger partial charge >= 0.3 is 5.97 Å². The van der Waals surface area contributed by atoms with Crippen LogP contribution in [0.5, 0.6) is 5.75 Å². The predicted octanol–water partition coefficient (Wildman–Crippen LogP) is 4.86. The molecule has 0 fully saturated rings. The summed E-state index contributed by atoms with van der Waals surface area (Å²) in [5, 5.41) is 0. The second-order valence-electron chi connectivity index (χ2n) is 7.49. The molecule has 0 saturated carbocycles. The second-order valence-corrected chi connectivity index (χ2v) is 7.49. The zero-order chi connectivity index (χ0) is 22.1. The van der Waals surface area contributed by atoms with Crippen molar-refractivity contribution < 1.29 is 19.1 Å². The molecule has 0 bridgehead atoms. The van der Waals surface area contributed by atoms with E-state index < -0.39 is 5.97 Å². The van der Waals surface area contributed by atoms with Gasteiger partial charge < -0.3 is 14.4 Å². The van der Waals surface area contributed by atoms with Crippen LogP contribution in [0.4, 0.5) is 0 Å². The summed E-state index contributed by atoms with van der Waals surface area (Å²) < 4.78 is 10.9. The van der Waals surface area contributed by atoms with Crippen molar-refractivity contribution in [2.45, 2.75) is 33.0 Å². The zero-order valence-electron chi connectivity index (χ0n) is 17.9. The highest BCUT2D eigenvalue weighted by Gasteiger charge is 2.18. The molecule has 0 radical (unpaired) electrons. The zero-order valence-corrected chi connectivity index (χ0v) is 17.9. The smallest absolute Gasteiger partial charge is 0.338 e. The molecule has 0 atom stereocenters. The van der Waals surface area contributed by atoms with Crippen molar-refractivity contribution in [2.75, 3.05) is 6.61 Å². The van der Waals surface area contributed by atoms with Crippen molar-refractivity contribution in [3.05, 3.63) is 102 Å². The number of carbonyl (C=O) groups excluding carboxylic acids is 2. The normalized spacial score (nSPS) is 10.5. The number of rotatable bonds is 9. The summed E-state index contributed by atoms with van der Waals surface area (Å²) in [7, 11) is 0. The van der Waals surface area contributed by atoms with Crippen LogP contribution in [0, 0.1) is 0 Å². The third kappa shape index (κ3) is 7.00. The molecule has 1 amide bonds. The fraction of sp³-hybridized carbons (Fsp3) is 0.231. The Balaban J connectivity index is 1.63. The molecule has 3 rings (SSSR count). The van der Waals surface area contributed by atoms with Gasteiger partial charge in [0.1, 0.15) is 5.75 Å². The van der Waals surface area contributed by atoms with Gasteiger partial charge in [0.25, 0.3) is 5.91 Å². The Morgan fingerprint density at radius 1 is 0.774 bits per heavy atom. The molecule has 0 aromatic heterocycles. The van der Waals surface area contributed by atoms with Crippen molar-refractivity contribution in [1.82, 2.24) is 4.90 Å². The summed E-state index contributed by atoms with van der Waals surface area (Å²) in [6.45, 7) is 4.43. The standard InChI is InChI=1S/C26H27NO4/c1-20(2)31-24-15-13-23(14-16-24)26(29)30-19-25(28)27(17-21-9-5-3-6-10-21)18-22-11-7-4-8-12-22/h3-16,20H,17-19H2,1-2H3. The third-order valence-electron chi connectivity index (χ3n) is 4.57. The molecule has 0 unspecified atom stereocenters. The maximum absolute atomic E-state index is 12.9. The SMILES string of the molecule is CC(C)Oc1ccc(C(=O)OCC(=O)N(Cc2ccccc2)Cc2ccccc2)cc1. The van der Waals surface area contributed by atoms with Crippen LogP contribution < -0.4 is 4.74 Å². The van der Waals surface area contributed by atoms with Gasteiger partial charge in [0, 0.05) is 13.1 Å². The van der Waals surface area contributed by atoms with Gasteiger partial charge in [-0.15, -0.1) is 0 Å². The molecule has 160 valence electrons. The Kier molecular flexibility index (Phi) is 7.82. The molecule has 0 N–H and O–H groups in total. The van der Waals surface area contributed by atoms with E-state index in [9.17, 15) is 9.59 Å². The number of hydrogen-bond acceptors (Lipinski definition) is 4. The number of esters is 1. The number of amides is 1. The highest BCUT2D eigenvalue weighted by atomic mass is 16.5. The van der Waals surface area contributed by atoms with E-state index in [0.717, 1.165) is 11.1 Å². The number of benzene rings is 3. The maximum Gasteiger partial charge on any atom is 0.338 e. The van der Waals surface area contributed by atoms with Gasteiger partial charge in [0.2, 0.25) is 0 Å². The molecule has 5 heteroatoms. The van der Waals surface area contributed by atoms with Crippen LogP contribution in [0.2, 0.25) is 0 Å². The average Bonchev–Trinajstić information content (AvgIpc) is 2.78. The van der Waals surface area contributed by atoms with E-state index in [4.69, 9.17) is 9.47 Å². The number of hydrogen-bond donors (Lipinski definition) is 0. The molecule has 0 spiro atoms. The van der Waals surface area contributed by atoms with Gasteiger partial charge in [0.05, 0.1) is 11.7 Å². The van der Waals surface area contributed by atoms with E-state index in [1.165, 1.54) is 0 Å². The van der Waals surface area contributed by atoms with Crippen LogP contribution in [0.1, 0.15) is 35.3 Å². The first-order valence-corrected chi connectivity index (χ1v) is 10.3. The summed E-state index contributed by atoms with van der Waals surface area (Å²) in [4.78, 5) is 27.0. The fourth-order valence-corrected chi connectivity index (χ4v) is 3.08. The van der Waals surface area contributed by atoms with Gasteiger partial charge in [0.15, 0.2) is 6.61 Å². The summed E-state index contributed by atoms with van der Waals surface area (Å²) in [5.74, 6) is -0.107. The van der Waals surface area contributed by atoms with Crippen molar-refractivity contribution in [1.29, 1.82) is 0 Å². The highest BCUT2D eigenvalue weighted by molar-refractivity contribution is 5.91. The van der Waals surface area contributed by atoms with Crippen LogP contribution in [-0.4, -0.2) is 29.5 Å². The molecule has 31 heavy (non-hydrogen) atoms. The van der Waals surface area contributed by atoms with E-state index >= 15 is 0 Å². The molecule has 0 aliphatic heterocycles. The molecule has 0 saturated heterocycles. The van der Waals surface area contributed by atoms with Crippen LogP contribution in [0.15, 0.2) is 84.9 Å². The fourth-order valence-electron chi connectivity index (χ4n) is 3.08. The lowest BCUT2D eigenvalue weighted by atomic mass is 10.1. The number of ether oxygens (including phenoxy) is 2. The van der Waals surface area contributed by atoms with Crippen LogP contribution in [-0.2, 0) is 22.6 Å². The van der Waals surface area contributed by atoms with Gasteiger partial charge in [-0.1, -0.05) is 60.7 Å². The molecule has 0 heterocycles. The van der Waals surface area contributed by atoms with Gasteiger partial charge in [-0.25, -0.2) is 4.79 Å². The molecular formula is C26H27NO4. The van der Waals surface area contributed by atoms with Crippen molar-refractivity contribution in [3.63, 3.8) is 0 Å². The minimum absolute atomic E-state index is 0.0515. The first-order chi connectivity index (χ1) is 15.0. The van der Waals surface area contributed by atoms with E-state index in [-0.39, 0.29) is 18.6 Å². The van der Waals surface area contributed by atoms with Gasteiger partial charge in [-0.3, -0.25) is 4.79 Å². The summed E-state index contributed by atoms with van der Waals surface area (Å²) in [6.07, 6.45) is 0.0515. The largest absolute Gasteiger partial charge is 0.491 e. The minimum atomic E-state index is -0.538.